The number of allylic oxidation sites excluding steroid dienone is 2. The molecular weight excluding hydrogens is 360 g/mol. The lowest BCUT2D eigenvalue weighted by atomic mass is 9.90. The Morgan fingerprint density at radius 1 is 0.759 bits per heavy atom. The molecule has 0 bridgehead atoms. The third-order valence-electron chi connectivity index (χ3n) is 5.62. The van der Waals surface area contributed by atoms with E-state index in [0.29, 0.717) is 6.61 Å². The number of hydrogen-bond donors (Lipinski definition) is 0. The first-order valence-electron chi connectivity index (χ1n) is 12.4. The summed E-state index contributed by atoms with van der Waals surface area (Å²) in [5, 5.41) is 0. The maximum absolute atomic E-state index is 11.6. The third kappa shape index (κ3) is 20.1. The van der Waals surface area contributed by atoms with Crippen molar-refractivity contribution in [2.75, 3.05) is 6.61 Å². The van der Waals surface area contributed by atoms with Crippen molar-refractivity contribution in [3.05, 3.63) is 12.2 Å². The maximum Gasteiger partial charge on any atom is 0.508 e. The minimum absolute atomic E-state index is 0.0535. The molecule has 0 aromatic heterocycles. The van der Waals surface area contributed by atoms with Gasteiger partial charge in [0.2, 0.25) is 0 Å². The lowest BCUT2D eigenvalue weighted by molar-refractivity contribution is -0.00897. The molecule has 0 spiro atoms. The predicted octanol–water partition coefficient (Wildman–Crippen LogP) is 9.00. The average Bonchev–Trinajstić information content (AvgIpc) is 2.66. The van der Waals surface area contributed by atoms with Gasteiger partial charge in [0.25, 0.3) is 0 Å². The third-order valence-corrected chi connectivity index (χ3v) is 5.62. The molecule has 1 atom stereocenters. The van der Waals surface area contributed by atoms with Crippen LogP contribution in [0, 0.1) is 5.41 Å². The van der Waals surface area contributed by atoms with Crippen LogP contribution < -0.4 is 0 Å². The largest absolute Gasteiger partial charge is 0.508 e. The Balaban J connectivity index is 3.30. The molecule has 0 aliphatic carbocycles. The molecule has 0 aromatic rings. The second-order valence-electron chi connectivity index (χ2n) is 9.52. The molecular formula is C26H50O3. The molecule has 172 valence electrons. The Kier molecular flexibility index (Phi) is 18.4. The summed E-state index contributed by atoms with van der Waals surface area (Å²) < 4.78 is 10.4. The lowest BCUT2D eigenvalue weighted by Crippen LogP contribution is -2.29. The van der Waals surface area contributed by atoms with E-state index in [4.69, 9.17) is 9.47 Å². The Morgan fingerprint density at radius 2 is 1.21 bits per heavy atom. The summed E-state index contributed by atoms with van der Waals surface area (Å²) in [6.45, 7) is 10.8. The standard InChI is InChI=1S/C26H50O3/c1-6-7-8-9-10-11-12-13-14-15-16-17-18-19-20-21-22-23-28-25(27)29-24(2)26(3,4)5/h14-15,24H,6-13,16-23H2,1-5H3/b15-14+. The molecule has 0 rings (SSSR count). The molecule has 0 N–H and O–H groups in total. The summed E-state index contributed by atoms with van der Waals surface area (Å²) in [6, 6.07) is 0. The second kappa shape index (κ2) is 19.0. The van der Waals surface area contributed by atoms with Gasteiger partial charge >= 0.3 is 6.16 Å². The highest BCUT2D eigenvalue weighted by Crippen LogP contribution is 2.22. The number of hydrogen-bond acceptors (Lipinski definition) is 3. The van der Waals surface area contributed by atoms with Gasteiger partial charge < -0.3 is 9.47 Å². The van der Waals surface area contributed by atoms with Crippen LogP contribution in [0.4, 0.5) is 4.79 Å². The van der Waals surface area contributed by atoms with E-state index in [0.717, 1.165) is 12.8 Å². The average molecular weight is 411 g/mol. The van der Waals surface area contributed by atoms with Crippen molar-refractivity contribution in [2.45, 2.75) is 137 Å². The highest BCUT2D eigenvalue weighted by Gasteiger charge is 2.24. The molecule has 0 aromatic carbocycles. The SMILES string of the molecule is CCCCCCCCC/C=C/CCCCCCCCOC(=O)OC(C)C(C)(C)C. The van der Waals surface area contributed by atoms with Gasteiger partial charge in [0, 0.05) is 0 Å². The van der Waals surface area contributed by atoms with Gasteiger partial charge in [-0.1, -0.05) is 104 Å². The first kappa shape index (κ1) is 28.0. The van der Waals surface area contributed by atoms with Crippen LogP contribution in [-0.2, 0) is 9.47 Å². The quantitative estimate of drug-likeness (QED) is 0.128. The van der Waals surface area contributed by atoms with E-state index < -0.39 is 6.16 Å². The summed E-state index contributed by atoms with van der Waals surface area (Å²) >= 11 is 0. The van der Waals surface area contributed by atoms with Gasteiger partial charge in [0.1, 0.15) is 6.10 Å². The topological polar surface area (TPSA) is 35.5 Å². The summed E-state index contributed by atoms with van der Waals surface area (Å²) in [5.41, 5.74) is -0.0535. The molecule has 3 heteroatoms. The first-order chi connectivity index (χ1) is 13.9. The Hall–Kier alpha value is -0.990. The smallest absolute Gasteiger partial charge is 0.434 e. The summed E-state index contributed by atoms with van der Waals surface area (Å²) in [4.78, 5) is 11.6. The summed E-state index contributed by atoms with van der Waals surface area (Å²) in [7, 11) is 0. The molecule has 0 saturated carbocycles. The molecule has 3 nitrogen and oxygen atoms in total. The van der Waals surface area contributed by atoms with Crippen LogP contribution in [0.1, 0.15) is 131 Å². The van der Waals surface area contributed by atoms with Crippen LogP contribution in [0.5, 0.6) is 0 Å². The van der Waals surface area contributed by atoms with Crippen LogP contribution in [-0.4, -0.2) is 18.9 Å². The Bertz CT molecular complexity index is 395. The zero-order valence-corrected chi connectivity index (χ0v) is 20.3. The zero-order chi connectivity index (χ0) is 21.8. The molecule has 0 radical (unpaired) electrons. The maximum atomic E-state index is 11.6. The van der Waals surface area contributed by atoms with Crippen molar-refractivity contribution >= 4 is 6.16 Å². The van der Waals surface area contributed by atoms with Crippen LogP contribution >= 0.6 is 0 Å². The number of carbonyl (C=O) groups excluding carboxylic acids is 1. The van der Waals surface area contributed by atoms with Gasteiger partial charge in [-0.15, -0.1) is 0 Å². The minimum atomic E-state index is -0.532. The number of rotatable bonds is 18. The molecule has 0 saturated heterocycles. The Morgan fingerprint density at radius 3 is 1.69 bits per heavy atom. The number of carbonyl (C=O) groups is 1. The van der Waals surface area contributed by atoms with E-state index in [2.05, 4.69) is 39.8 Å². The molecule has 29 heavy (non-hydrogen) atoms. The van der Waals surface area contributed by atoms with Crippen molar-refractivity contribution in [3.8, 4) is 0 Å². The number of unbranched alkanes of at least 4 members (excludes halogenated alkanes) is 13. The molecule has 0 heterocycles. The first-order valence-corrected chi connectivity index (χ1v) is 12.4. The molecule has 0 fully saturated rings. The van der Waals surface area contributed by atoms with Gasteiger partial charge in [-0.05, 0) is 44.4 Å². The van der Waals surface area contributed by atoms with Gasteiger partial charge in [-0.25, -0.2) is 4.79 Å². The fourth-order valence-electron chi connectivity index (χ4n) is 3.04. The normalized spacial score (nSPS) is 13.0. The van der Waals surface area contributed by atoms with Crippen molar-refractivity contribution < 1.29 is 14.3 Å². The summed E-state index contributed by atoms with van der Waals surface area (Å²) in [5.74, 6) is 0. The highest BCUT2D eigenvalue weighted by molar-refractivity contribution is 5.60. The second-order valence-corrected chi connectivity index (χ2v) is 9.52. The van der Waals surface area contributed by atoms with E-state index in [9.17, 15) is 4.79 Å². The zero-order valence-electron chi connectivity index (χ0n) is 20.3. The minimum Gasteiger partial charge on any atom is -0.434 e. The van der Waals surface area contributed by atoms with Crippen LogP contribution in [0.15, 0.2) is 12.2 Å². The highest BCUT2D eigenvalue weighted by atomic mass is 16.7. The molecule has 0 aliphatic rings. The van der Waals surface area contributed by atoms with Gasteiger partial charge in [0.15, 0.2) is 0 Å². The van der Waals surface area contributed by atoms with E-state index in [1.165, 1.54) is 83.5 Å². The van der Waals surface area contributed by atoms with Crippen molar-refractivity contribution in [3.63, 3.8) is 0 Å². The van der Waals surface area contributed by atoms with E-state index >= 15 is 0 Å². The van der Waals surface area contributed by atoms with E-state index in [1.807, 2.05) is 6.92 Å². The van der Waals surface area contributed by atoms with Gasteiger partial charge in [-0.3, -0.25) is 0 Å². The van der Waals surface area contributed by atoms with Crippen LogP contribution in [0.3, 0.4) is 0 Å². The lowest BCUT2D eigenvalue weighted by Gasteiger charge is -2.26. The van der Waals surface area contributed by atoms with Crippen molar-refractivity contribution in [2.24, 2.45) is 5.41 Å². The van der Waals surface area contributed by atoms with Crippen molar-refractivity contribution in [1.82, 2.24) is 0 Å². The van der Waals surface area contributed by atoms with E-state index in [1.54, 1.807) is 0 Å². The predicted molar refractivity (Wildman–Crippen MR) is 125 cm³/mol. The van der Waals surface area contributed by atoms with Gasteiger partial charge in [0.05, 0.1) is 6.61 Å². The van der Waals surface area contributed by atoms with E-state index in [-0.39, 0.29) is 11.5 Å². The molecule has 1 unspecified atom stereocenters. The van der Waals surface area contributed by atoms with Gasteiger partial charge in [-0.2, -0.15) is 0 Å². The van der Waals surface area contributed by atoms with Crippen molar-refractivity contribution in [1.29, 1.82) is 0 Å². The fourth-order valence-corrected chi connectivity index (χ4v) is 3.04. The monoisotopic (exact) mass is 410 g/mol. The number of ether oxygens (including phenoxy) is 2. The summed E-state index contributed by atoms with van der Waals surface area (Å²) in [6.07, 6.45) is 23.4. The van der Waals surface area contributed by atoms with Crippen LogP contribution in [0.25, 0.3) is 0 Å². The molecule has 0 aliphatic heterocycles. The molecule has 0 amide bonds. The van der Waals surface area contributed by atoms with Crippen LogP contribution in [0.2, 0.25) is 0 Å². The Labute approximate surface area is 182 Å². The fraction of sp³-hybridized carbons (Fsp3) is 0.885.